The number of aliphatic hydroxyl groups is 9. The van der Waals surface area contributed by atoms with Crippen molar-refractivity contribution in [3.63, 3.8) is 0 Å². The van der Waals surface area contributed by atoms with Gasteiger partial charge >= 0.3 is 0 Å². The molecule has 0 aromatic carbocycles. The van der Waals surface area contributed by atoms with E-state index >= 15 is 0 Å². The molecule has 15 atom stereocenters. The highest BCUT2D eigenvalue weighted by molar-refractivity contribution is 4.96. The van der Waals surface area contributed by atoms with Gasteiger partial charge in [-0.1, -0.05) is 0 Å². The van der Waals surface area contributed by atoms with Crippen LogP contribution in [0.25, 0.3) is 0 Å². The Kier molecular flexibility index (Phi) is 10.2. The van der Waals surface area contributed by atoms with Gasteiger partial charge in [-0.3, -0.25) is 0 Å². The Morgan fingerprint density at radius 3 is 1.60 bits per heavy atom. The van der Waals surface area contributed by atoms with Crippen LogP contribution in [0.15, 0.2) is 0 Å². The van der Waals surface area contributed by atoms with Crippen LogP contribution in [0.4, 0.5) is 0 Å². The Hall–Kier alpha value is -0.600. The van der Waals surface area contributed by atoms with Gasteiger partial charge in [0.15, 0.2) is 12.6 Å². The second kappa shape index (κ2) is 12.3. The van der Waals surface area contributed by atoms with Gasteiger partial charge in [-0.25, -0.2) is 0 Å². The fraction of sp³-hybridized carbons (Fsp3) is 1.00. The van der Waals surface area contributed by atoms with E-state index in [4.69, 9.17) is 28.4 Å². The minimum atomic E-state index is -1.81. The summed E-state index contributed by atoms with van der Waals surface area (Å²) < 4.78 is 32.6. The van der Waals surface area contributed by atoms with E-state index in [1.807, 2.05) is 0 Å². The van der Waals surface area contributed by atoms with Crippen LogP contribution in [0.3, 0.4) is 0 Å². The van der Waals surface area contributed by atoms with Crippen molar-refractivity contribution < 1.29 is 74.4 Å². The molecule has 0 bridgehead atoms. The largest absolute Gasteiger partial charge is 0.394 e. The standard InChI is InChI=1S/C20H36O15/c1-6-10(23)13(26)18(9(31-6)5-30-2)35-20-16(29)14(27)17(8(4-22)33-20)34-19-15(28)12(25)11(24)7(3-21)32-19/h6-29H,3-5H2,1-2H3. The van der Waals surface area contributed by atoms with Gasteiger partial charge < -0.3 is 74.4 Å². The molecule has 35 heavy (non-hydrogen) atoms. The average molecular weight is 516 g/mol. The highest BCUT2D eigenvalue weighted by Gasteiger charge is 2.53. The average Bonchev–Trinajstić information content (AvgIpc) is 2.84. The Balaban J connectivity index is 1.72. The smallest absolute Gasteiger partial charge is 0.187 e. The summed E-state index contributed by atoms with van der Waals surface area (Å²) in [5.41, 5.74) is 0. The van der Waals surface area contributed by atoms with Crippen molar-refractivity contribution >= 4 is 0 Å². The first-order valence-electron chi connectivity index (χ1n) is 11.3. The summed E-state index contributed by atoms with van der Waals surface area (Å²) in [7, 11) is 1.39. The quantitative estimate of drug-likeness (QED) is 0.146. The lowest BCUT2D eigenvalue weighted by Gasteiger charge is -2.48. The van der Waals surface area contributed by atoms with E-state index in [0.29, 0.717) is 0 Å². The van der Waals surface area contributed by atoms with E-state index in [1.165, 1.54) is 7.11 Å². The Morgan fingerprint density at radius 2 is 1.06 bits per heavy atom. The van der Waals surface area contributed by atoms with E-state index in [9.17, 15) is 46.0 Å². The fourth-order valence-corrected chi connectivity index (χ4v) is 4.41. The second-order valence-electron chi connectivity index (χ2n) is 8.92. The van der Waals surface area contributed by atoms with Gasteiger partial charge in [0.05, 0.1) is 25.9 Å². The summed E-state index contributed by atoms with van der Waals surface area (Å²) in [6.45, 7) is 0.0493. The molecule has 0 aromatic rings. The van der Waals surface area contributed by atoms with Crippen LogP contribution in [-0.4, -0.2) is 165 Å². The normalized spacial score (nSPS) is 51.3. The lowest BCUT2D eigenvalue weighted by atomic mass is 9.94. The zero-order chi connectivity index (χ0) is 26.0. The van der Waals surface area contributed by atoms with Crippen LogP contribution in [0.5, 0.6) is 0 Å². The lowest BCUT2D eigenvalue weighted by Crippen LogP contribution is -2.66. The molecular weight excluding hydrogens is 480 g/mol. The minimum Gasteiger partial charge on any atom is -0.394 e. The molecule has 0 radical (unpaired) electrons. The first-order chi connectivity index (χ1) is 16.5. The molecule has 9 N–H and O–H groups in total. The highest BCUT2D eigenvalue weighted by atomic mass is 16.7. The molecule has 15 unspecified atom stereocenters. The molecule has 0 aromatic heterocycles. The fourth-order valence-electron chi connectivity index (χ4n) is 4.41. The zero-order valence-electron chi connectivity index (χ0n) is 19.3. The molecule has 3 saturated heterocycles. The number of hydrogen-bond donors (Lipinski definition) is 9. The zero-order valence-corrected chi connectivity index (χ0v) is 19.3. The molecule has 3 fully saturated rings. The number of methoxy groups -OCH3 is 1. The topological polar surface area (TPSA) is 237 Å². The van der Waals surface area contributed by atoms with Crippen LogP contribution in [0.1, 0.15) is 6.92 Å². The molecule has 3 aliphatic rings. The van der Waals surface area contributed by atoms with Crippen molar-refractivity contribution in [1.82, 2.24) is 0 Å². The third-order valence-electron chi connectivity index (χ3n) is 6.51. The molecule has 0 amide bonds. The predicted molar refractivity (Wildman–Crippen MR) is 109 cm³/mol. The number of aliphatic hydroxyl groups excluding tert-OH is 9. The summed E-state index contributed by atoms with van der Waals surface area (Å²) in [6.07, 6.45) is -21.8. The monoisotopic (exact) mass is 516 g/mol. The van der Waals surface area contributed by atoms with Crippen molar-refractivity contribution in [3.05, 3.63) is 0 Å². The molecule has 0 saturated carbocycles. The van der Waals surface area contributed by atoms with Gasteiger partial charge in [-0.15, -0.1) is 0 Å². The second-order valence-corrected chi connectivity index (χ2v) is 8.92. The molecule has 3 aliphatic heterocycles. The van der Waals surface area contributed by atoms with Gasteiger partial charge in [0, 0.05) is 7.11 Å². The molecular formula is C20H36O15. The highest BCUT2D eigenvalue weighted by Crippen LogP contribution is 2.32. The minimum absolute atomic E-state index is 0.0313. The van der Waals surface area contributed by atoms with Crippen LogP contribution in [0, 0.1) is 0 Å². The van der Waals surface area contributed by atoms with Crippen molar-refractivity contribution in [1.29, 1.82) is 0 Å². The molecule has 0 aliphatic carbocycles. The maximum atomic E-state index is 10.7. The van der Waals surface area contributed by atoms with Gasteiger partial charge in [-0.05, 0) is 6.92 Å². The van der Waals surface area contributed by atoms with Crippen molar-refractivity contribution in [3.8, 4) is 0 Å². The summed E-state index contributed by atoms with van der Waals surface area (Å²) >= 11 is 0. The van der Waals surface area contributed by atoms with Crippen molar-refractivity contribution in [2.24, 2.45) is 0 Å². The molecule has 15 heteroatoms. The Labute approximate surface area is 200 Å². The van der Waals surface area contributed by atoms with E-state index in [-0.39, 0.29) is 6.61 Å². The van der Waals surface area contributed by atoms with Gasteiger partial charge in [0.2, 0.25) is 0 Å². The molecule has 3 rings (SSSR count). The maximum absolute atomic E-state index is 10.7. The van der Waals surface area contributed by atoms with E-state index < -0.39 is 105 Å². The third kappa shape index (κ3) is 5.95. The predicted octanol–water partition coefficient (Wildman–Crippen LogP) is -5.85. The van der Waals surface area contributed by atoms with Crippen LogP contribution >= 0.6 is 0 Å². The van der Waals surface area contributed by atoms with Gasteiger partial charge in [-0.2, -0.15) is 0 Å². The molecule has 3 heterocycles. The summed E-state index contributed by atoms with van der Waals surface area (Å²) in [6, 6.07) is 0. The van der Waals surface area contributed by atoms with E-state index in [2.05, 4.69) is 0 Å². The SMILES string of the molecule is COCC1OC(C)C(O)C(O)C1OC1OC(CO)C(OC2OC(CO)C(O)C(O)C2O)C(O)C1O. The first kappa shape index (κ1) is 29.0. The summed E-state index contributed by atoms with van der Waals surface area (Å²) in [5.74, 6) is 0. The van der Waals surface area contributed by atoms with Crippen LogP contribution in [-0.2, 0) is 28.4 Å². The Bertz CT molecular complexity index is 652. The van der Waals surface area contributed by atoms with E-state index in [1.54, 1.807) is 6.92 Å². The van der Waals surface area contributed by atoms with Crippen LogP contribution < -0.4 is 0 Å². The first-order valence-corrected chi connectivity index (χ1v) is 11.3. The number of hydrogen-bond acceptors (Lipinski definition) is 15. The van der Waals surface area contributed by atoms with Gasteiger partial charge in [0.1, 0.15) is 73.2 Å². The molecule has 206 valence electrons. The Morgan fingerprint density at radius 1 is 0.571 bits per heavy atom. The number of ether oxygens (including phenoxy) is 6. The van der Waals surface area contributed by atoms with E-state index in [0.717, 1.165) is 0 Å². The maximum Gasteiger partial charge on any atom is 0.187 e. The number of rotatable bonds is 8. The third-order valence-corrected chi connectivity index (χ3v) is 6.51. The lowest BCUT2D eigenvalue weighted by molar-refractivity contribution is -0.372. The molecule has 15 nitrogen and oxygen atoms in total. The van der Waals surface area contributed by atoms with Crippen molar-refractivity contribution in [2.45, 2.75) is 98.9 Å². The van der Waals surface area contributed by atoms with Crippen LogP contribution in [0.2, 0.25) is 0 Å². The van der Waals surface area contributed by atoms with Gasteiger partial charge in [0.25, 0.3) is 0 Å². The summed E-state index contributed by atoms with van der Waals surface area (Å²) in [4.78, 5) is 0. The van der Waals surface area contributed by atoms with Crippen molar-refractivity contribution in [2.75, 3.05) is 26.9 Å². The summed E-state index contributed by atoms with van der Waals surface area (Å²) in [5, 5.41) is 91.2. The molecule has 0 spiro atoms.